The van der Waals surface area contributed by atoms with Gasteiger partial charge >= 0.3 is 6.03 Å². The molecular formula is C16H25ClN4O2. The molecule has 1 aliphatic heterocycles. The lowest BCUT2D eigenvalue weighted by Gasteiger charge is -2.32. The molecule has 0 aromatic heterocycles. The molecule has 1 fully saturated rings. The summed E-state index contributed by atoms with van der Waals surface area (Å²) in [6, 6.07) is 7.23. The van der Waals surface area contributed by atoms with Gasteiger partial charge in [-0.3, -0.25) is 4.79 Å². The van der Waals surface area contributed by atoms with Crippen molar-refractivity contribution in [3.8, 4) is 0 Å². The fourth-order valence-electron chi connectivity index (χ4n) is 2.55. The van der Waals surface area contributed by atoms with Crippen molar-refractivity contribution in [3.05, 3.63) is 29.8 Å². The van der Waals surface area contributed by atoms with Gasteiger partial charge in [-0.15, -0.1) is 12.4 Å². The molecule has 1 aromatic carbocycles. The van der Waals surface area contributed by atoms with Gasteiger partial charge in [-0.05, 0) is 38.1 Å². The van der Waals surface area contributed by atoms with E-state index in [1.807, 2.05) is 11.9 Å². The van der Waals surface area contributed by atoms with Gasteiger partial charge in [-0.2, -0.15) is 0 Å². The third-order valence-electron chi connectivity index (χ3n) is 3.88. The minimum absolute atomic E-state index is 0. The molecule has 7 heteroatoms. The maximum Gasteiger partial charge on any atom is 0.321 e. The topological polar surface area (TPSA) is 64.7 Å². The molecule has 1 aromatic rings. The summed E-state index contributed by atoms with van der Waals surface area (Å²) >= 11 is 0. The van der Waals surface area contributed by atoms with Gasteiger partial charge in [0, 0.05) is 44.5 Å². The number of piperidine rings is 1. The van der Waals surface area contributed by atoms with Crippen LogP contribution in [-0.2, 0) is 0 Å². The quantitative estimate of drug-likeness (QED) is 0.884. The zero-order chi connectivity index (χ0) is 16.1. The van der Waals surface area contributed by atoms with E-state index in [-0.39, 0.29) is 24.3 Å². The van der Waals surface area contributed by atoms with E-state index in [0.29, 0.717) is 17.3 Å². The number of benzene rings is 1. The van der Waals surface area contributed by atoms with E-state index in [4.69, 9.17) is 0 Å². The molecule has 23 heavy (non-hydrogen) atoms. The smallest absolute Gasteiger partial charge is 0.321 e. The van der Waals surface area contributed by atoms with Crippen LogP contribution in [0.5, 0.6) is 0 Å². The summed E-state index contributed by atoms with van der Waals surface area (Å²) in [5.74, 6) is 0.0147. The molecule has 1 atom stereocenters. The van der Waals surface area contributed by atoms with Crippen molar-refractivity contribution in [1.29, 1.82) is 0 Å². The fourth-order valence-corrected chi connectivity index (χ4v) is 2.55. The van der Waals surface area contributed by atoms with Gasteiger partial charge in [0.1, 0.15) is 0 Å². The number of hydrogen-bond donors (Lipinski definition) is 2. The highest BCUT2D eigenvalue weighted by atomic mass is 35.5. The fraction of sp³-hybridized carbons (Fsp3) is 0.500. The molecule has 1 saturated heterocycles. The van der Waals surface area contributed by atoms with Crippen molar-refractivity contribution < 1.29 is 9.59 Å². The molecule has 0 aliphatic carbocycles. The Morgan fingerprint density at radius 1 is 1.30 bits per heavy atom. The Morgan fingerprint density at radius 2 is 2.04 bits per heavy atom. The molecule has 0 radical (unpaired) electrons. The van der Waals surface area contributed by atoms with Crippen molar-refractivity contribution in [3.63, 3.8) is 0 Å². The van der Waals surface area contributed by atoms with Crippen molar-refractivity contribution in [2.75, 3.05) is 39.5 Å². The number of nitrogens with zero attached hydrogens (tertiary/aromatic N) is 2. The van der Waals surface area contributed by atoms with Gasteiger partial charge in [0.15, 0.2) is 0 Å². The van der Waals surface area contributed by atoms with Crippen LogP contribution >= 0.6 is 12.4 Å². The van der Waals surface area contributed by atoms with E-state index in [2.05, 4.69) is 10.6 Å². The van der Waals surface area contributed by atoms with E-state index in [9.17, 15) is 9.59 Å². The van der Waals surface area contributed by atoms with Gasteiger partial charge < -0.3 is 20.4 Å². The minimum Gasteiger partial charge on any atom is -0.337 e. The number of likely N-dealkylation sites (tertiary alicyclic amines) is 1. The first-order valence-electron chi connectivity index (χ1n) is 7.56. The minimum atomic E-state index is -0.210. The van der Waals surface area contributed by atoms with Crippen LogP contribution in [0.2, 0.25) is 0 Å². The molecule has 2 rings (SSSR count). The second-order valence-electron chi connectivity index (χ2n) is 5.78. The summed E-state index contributed by atoms with van der Waals surface area (Å²) in [5, 5.41) is 6.00. The molecule has 0 saturated carbocycles. The first-order valence-corrected chi connectivity index (χ1v) is 7.56. The largest absolute Gasteiger partial charge is 0.337 e. The summed E-state index contributed by atoms with van der Waals surface area (Å²) in [4.78, 5) is 27.6. The highest BCUT2D eigenvalue weighted by molar-refractivity contribution is 5.97. The molecule has 6 nitrogen and oxygen atoms in total. The van der Waals surface area contributed by atoms with Crippen LogP contribution in [0.25, 0.3) is 0 Å². The average Bonchev–Trinajstić information content (AvgIpc) is 2.54. The third kappa shape index (κ3) is 5.11. The zero-order valence-corrected chi connectivity index (χ0v) is 14.7. The van der Waals surface area contributed by atoms with Gasteiger partial charge in [0.25, 0.3) is 5.91 Å². The molecule has 2 N–H and O–H groups in total. The number of urea groups is 1. The summed E-state index contributed by atoms with van der Waals surface area (Å²) in [6.07, 6.45) is 2.10. The van der Waals surface area contributed by atoms with Gasteiger partial charge in [-0.25, -0.2) is 4.79 Å². The van der Waals surface area contributed by atoms with E-state index in [1.54, 1.807) is 38.4 Å². The lowest BCUT2D eigenvalue weighted by Crippen LogP contribution is -2.46. The van der Waals surface area contributed by atoms with Gasteiger partial charge in [-0.1, -0.05) is 6.07 Å². The first-order chi connectivity index (χ1) is 10.5. The van der Waals surface area contributed by atoms with Crippen LogP contribution in [-0.4, -0.2) is 62.0 Å². The lowest BCUT2D eigenvalue weighted by atomic mass is 10.0. The maximum absolute atomic E-state index is 12.6. The Bertz CT molecular complexity index is 551. The van der Waals surface area contributed by atoms with Crippen LogP contribution in [0.3, 0.4) is 0 Å². The van der Waals surface area contributed by atoms with E-state index in [0.717, 1.165) is 25.9 Å². The Balaban J connectivity index is 0.00000264. The van der Waals surface area contributed by atoms with Crippen molar-refractivity contribution in [2.45, 2.75) is 18.9 Å². The summed E-state index contributed by atoms with van der Waals surface area (Å²) in [7, 11) is 5.28. The highest BCUT2D eigenvalue weighted by Gasteiger charge is 2.23. The van der Waals surface area contributed by atoms with Crippen LogP contribution in [0.4, 0.5) is 10.5 Å². The second-order valence-corrected chi connectivity index (χ2v) is 5.78. The SMILES string of the molecule is CNC1CCCN(C(=O)c2cccc(NC(=O)N(C)C)c2)C1.Cl. The molecule has 1 aliphatic rings. The Hall–Kier alpha value is -1.79. The third-order valence-corrected chi connectivity index (χ3v) is 3.88. The standard InChI is InChI=1S/C16H24N4O2.ClH/c1-17-14-8-5-9-20(11-14)15(21)12-6-4-7-13(10-12)18-16(22)19(2)3;/h4,6-7,10,14,17H,5,8-9,11H2,1-3H3,(H,18,22);1H. The highest BCUT2D eigenvalue weighted by Crippen LogP contribution is 2.17. The summed E-state index contributed by atoms with van der Waals surface area (Å²) in [5.41, 5.74) is 1.24. The monoisotopic (exact) mass is 340 g/mol. The van der Waals surface area contributed by atoms with Crippen LogP contribution in [0, 0.1) is 0 Å². The van der Waals surface area contributed by atoms with Crippen molar-refractivity contribution in [1.82, 2.24) is 15.1 Å². The van der Waals surface area contributed by atoms with Crippen LogP contribution in [0.15, 0.2) is 24.3 Å². The molecule has 1 heterocycles. The Morgan fingerprint density at radius 3 is 2.70 bits per heavy atom. The van der Waals surface area contributed by atoms with E-state index < -0.39 is 0 Å². The summed E-state index contributed by atoms with van der Waals surface area (Å²) < 4.78 is 0. The zero-order valence-electron chi connectivity index (χ0n) is 13.8. The predicted molar refractivity (Wildman–Crippen MR) is 94.4 cm³/mol. The Kier molecular flexibility index (Phi) is 7.32. The lowest BCUT2D eigenvalue weighted by molar-refractivity contribution is 0.0698. The van der Waals surface area contributed by atoms with E-state index >= 15 is 0 Å². The van der Waals surface area contributed by atoms with Crippen molar-refractivity contribution >= 4 is 30.0 Å². The number of halogens is 1. The Labute approximate surface area is 143 Å². The number of hydrogen-bond acceptors (Lipinski definition) is 3. The maximum atomic E-state index is 12.6. The van der Waals surface area contributed by atoms with Crippen LogP contribution in [0.1, 0.15) is 23.2 Å². The number of likely N-dealkylation sites (N-methyl/N-ethyl adjacent to an activating group) is 1. The molecule has 1 unspecified atom stereocenters. The number of nitrogens with one attached hydrogen (secondary N) is 2. The number of rotatable bonds is 3. The molecular weight excluding hydrogens is 316 g/mol. The van der Waals surface area contributed by atoms with Gasteiger partial charge in [0.05, 0.1) is 0 Å². The number of anilines is 1. The molecule has 0 spiro atoms. The number of amides is 3. The normalized spacial score (nSPS) is 17.2. The van der Waals surface area contributed by atoms with E-state index in [1.165, 1.54) is 4.90 Å². The molecule has 128 valence electrons. The predicted octanol–water partition coefficient (Wildman–Crippen LogP) is 2.03. The number of carbonyl (C=O) groups is 2. The van der Waals surface area contributed by atoms with Crippen LogP contribution < -0.4 is 10.6 Å². The second kappa shape index (κ2) is 8.74. The average molecular weight is 341 g/mol. The van der Waals surface area contributed by atoms with Gasteiger partial charge in [0.2, 0.25) is 0 Å². The first kappa shape index (κ1) is 19.3. The summed E-state index contributed by atoms with van der Waals surface area (Å²) in [6.45, 7) is 1.51. The molecule has 3 amide bonds. The number of carbonyl (C=O) groups excluding carboxylic acids is 2. The molecule has 0 bridgehead atoms. The van der Waals surface area contributed by atoms with Crippen molar-refractivity contribution in [2.24, 2.45) is 0 Å².